The number of carbonyl (C=O) groups excluding carboxylic acids is 3. The highest BCUT2D eigenvalue weighted by atomic mass is 79.9. The minimum Gasteiger partial charge on any atom is -0.354 e. The van der Waals surface area contributed by atoms with Crippen molar-refractivity contribution in [3.8, 4) is 0 Å². The monoisotopic (exact) mass is 334 g/mol. The molecule has 0 fully saturated rings. The van der Waals surface area contributed by atoms with Crippen LogP contribution in [0, 0.1) is 0 Å². The van der Waals surface area contributed by atoms with Gasteiger partial charge in [0.25, 0.3) is 0 Å². The number of likely N-dealkylation sites (N-methyl/N-ethyl adjacent to an activating group) is 1. The molecule has 6 heteroatoms. The molecule has 0 aliphatic rings. The van der Waals surface area contributed by atoms with E-state index >= 15 is 0 Å². The van der Waals surface area contributed by atoms with E-state index in [4.69, 9.17) is 0 Å². The van der Waals surface area contributed by atoms with Crippen LogP contribution in [-0.2, 0) is 14.4 Å². The van der Waals surface area contributed by atoms with E-state index in [1.54, 1.807) is 7.05 Å². The van der Waals surface area contributed by atoms with E-state index in [1.165, 1.54) is 4.90 Å². The van der Waals surface area contributed by atoms with Crippen molar-refractivity contribution in [2.75, 3.05) is 18.9 Å². The van der Waals surface area contributed by atoms with Gasteiger partial charge in [0.05, 0.1) is 5.33 Å². The summed E-state index contributed by atoms with van der Waals surface area (Å²) < 4.78 is 0. The average molecular weight is 335 g/mol. The lowest BCUT2D eigenvalue weighted by Gasteiger charge is -2.26. The predicted octanol–water partition coefficient (Wildman–Crippen LogP) is 1.49. The summed E-state index contributed by atoms with van der Waals surface area (Å²) in [6.07, 6.45) is 4.71. The van der Waals surface area contributed by atoms with Crippen molar-refractivity contribution in [3.05, 3.63) is 0 Å². The molecule has 0 spiro atoms. The summed E-state index contributed by atoms with van der Waals surface area (Å²) in [6.45, 7) is 2.41. The molecule has 19 heavy (non-hydrogen) atoms. The molecule has 1 unspecified atom stereocenters. The fraction of sp³-hybridized carbons (Fsp3) is 0.769. The Hall–Kier alpha value is -0.910. The van der Waals surface area contributed by atoms with Crippen molar-refractivity contribution in [1.82, 2.24) is 10.2 Å². The summed E-state index contributed by atoms with van der Waals surface area (Å²) in [4.78, 5) is 35.4. The molecule has 0 aliphatic carbocycles. The minimum atomic E-state index is -0.455. The molecular formula is C13H23BrN2O3. The molecular weight excluding hydrogens is 312 g/mol. The van der Waals surface area contributed by atoms with E-state index in [1.807, 2.05) is 0 Å². The van der Waals surface area contributed by atoms with Gasteiger partial charge >= 0.3 is 0 Å². The molecule has 5 nitrogen and oxygen atoms in total. The lowest BCUT2D eigenvalue weighted by atomic mass is 10.1. The third-order valence-corrected chi connectivity index (χ3v) is 3.40. The first-order chi connectivity index (χ1) is 9.08. The molecule has 0 aromatic carbocycles. The van der Waals surface area contributed by atoms with Gasteiger partial charge in [0.15, 0.2) is 0 Å². The third kappa shape index (κ3) is 7.30. The number of rotatable bonds is 10. The van der Waals surface area contributed by atoms with Crippen LogP contribution in [0.25, 0.3) is 0 Å². The number of amides is 2. The normalized spacial score (nSPS) is 11.7. The van der Waals surface area contributed by atoms with Crippen LogP contribution in [0.5, 0.6) is 0 Å². The number of hydrogen-bond acceptors (Lipinski definition) is 3. The second-order valence-electron chi connectivity index (χ2n) is 4.40. The Morgan fingerprint density at radius 3 is 2.58 bits per heavy atom. The van der Waals surface area contributed by atoms with Crippen molar-refractivity contribution in [1.29, 1.82) is 0 Å². The maximum Gasteiger partial charge on any atom is 0.242 e. The highest BCUT2D eigenvalue weighted by Gasteiger charge is 2.25. The first-order valence-corrected chi connectivity index (χ1v) is 7.73. The zero-order valence-electron chi connectivity index (χ0n) is 11.7. The molecule has 0 aromatic heterocycles. The number of alkyl halides is 1. The quantitative estimate of drug-likeness (QED) is 0.374. The summed E-state index contributed by atoms with van der Waals surface area (Å²) in [5.74, 6) is -0.304. The van der Waals surface area contributed by atoms with Crippen LogP contribution in [0.2, 0.25) is 0 Å². The van der Waals surface area contributed by atoms with Gasteiger partial charge < -0.3 is 15.0 Å². The van der Waals surface area contributed by atoms with Crippen LogP contribution in [0.15, 0.2) is 0 Å². The van der Waals surface area contributed by atoms with Gasteiger partial charge in [-0.05, 0) is 6.42 Å². The van der Waals surface area contributed by atoms with Crippen LogP contribution in [0.3, 0.4) is 0 Å². The molecule has 0 radical (unpaired) electrons. The van der Waals surface area contributed by atoms with E-state index in [2.05, 4.69) is 28.2 Å². The number of aldehydes is 1. The number of halogens is 1. The summed E-state index contributed by atoms with van der Waals surface area (Å²) >= 11 is 3.11. The topological polar surface area (TPSA) is 66.5 Å². The smallest absolute Gasteiger partial charge is 0.242 e. The Kier molecular flexibility index (Phi) is 10.4. The Bertz CT molecular complexity index is 298. The first kappa shape index (κ1) is 18.1. The van der Waals surface area contributed by atoms with E-state index < -0.39 is 6.04 Å². The number of unbranched alkanes of at least 4 members (excludes halogenated alkanes) is 2. The number of carbonyl (C=O) groups is 3. The molecule has 0 saturated heterocycles. The number of nitrogens with one attached hydrogen (secondary N) is 1. The van der Waals surface area contributed by atoms with Crippen LogP contribution in [0.4, 0.5) is 0 Å². The highest BCUT2D eigenvalue weighted by molar-refractivity contribution is 9.09. The van der Waals surface area contributed by atoms with Gasteiger partial charge in [0.2, 0.25) is 11.8 Å². The Balaban J connectivity index is 4.50. The van der Waals surface area contributed by atoms with E-state index in [0.717, 1.165) is 25.5 Å². The van der Waals surface area contributed by atoms with Crippen LogP contribution < -0.4 is 5.32 Å². The SMILES string of the molecule is CCCCCC(C(=O)NCCC=O)N(C)C(=O)CBr. The van der Waals surface area contributed by atoms with E-state index in [-0.39, 0.29) is 17.1 Å². The summed E-state index contributed by atoms with van der Waals surface area (Å²) in [5.41, 5.74) is 0. The lowest BCUT2D eigenvalue weighted by Crippen LogP contribution is -2.48. The molecule has 2 amide bonds. The molecule has 0 aliphatic heterocycles. The zero-order chi connectivity index (χ0) is 14.7. The molecule has 1 N–H and O–H groups in total. The van der Waals surface area contributed by atoms with Gasteiger partial charge in [-0.2, -0.15) is 0 Å². The van der Waals surface area contributed by atoms with Gasteiger partial charge in [-0.1, -0.05) is 42.1 Å². The van der Waals surface area contributed by atoms with Crippen molar-refractivity contribution in [2.24, 2.45) is 0 Å². The second-order valence-corrected chi connectivity index (χ2v) is 4.96. The van der Waals surface area contributed by atoms with Crippen molar-refractivity contribution < 1.29 is 14.4 Å². The molecule has 0 aromatic rings. The standard InChI is InChI=1S/C13H23BrN2O3/c1-3-4-5-7-11(16(2)12(18)10-14)13(19)15-8-6-9-17/h9,11H,3-8,10H2,1-2H3,(H,15,19). The fourth-order valence-corrected chi connectivity index (χ4v) is 2.12. The van der Waals surface area contributed by atoms with E-state index in [9.17, 15) is 14.4 Å². The van der Waals surface area contributed by atoms with Crippen molar-refractivity contribution >= 4 is 34.0 Å². The lowest BCUT2D eigenvalue weighted by molar-refractivity contribution is -0.137. The Morgan fingerprint density at radius 1 is 1.37 bits per heavy atom. The molecule has 1 atom stereocenters. The van der Waals surface area contributed by atoms with Crippen LogP contribution >= 0.6 is 15.9 Å². The van der Waals surface area contributed by atoms with Crippen LogP contribution in [-0.4, -0.2) is 48.0 Å². The fourth-order valence-electron chi connectivity index (χ4n) is 1.73. The summed E-state index contributed by atoms with van der Waals surface area (Å²) in [5, 5.41) is 2.89. The van der Waals surface area contributed by atoms with Gasteiger partial charge in [-0.3, -0.25) is 9.59 Å². The molecule has 0 heterocycles. The third-order valence-electron chi connectivity index (χ3n) is 2.92. The van der Waals surface area contributed by atoms with Gasteiger partial charge in [0.1, 0.15) is 12.3 Å². The maximum atomic E-state index is 12.0. The van der Waals surface area contributed by atoms with Gasteiger partial charge in [-0.25, -0.2) is 0 Å². The maximum absolute atomic E-state index is 12.0. The Morgan fingerprint density at radius 2 is 2.05 bits per heavy atom. The highest BCUT2D eigenvalue weighted by Crippen LogP contribution is 2.10. The van der Waals surface area contributed by atoms with Crippen molar-refractivity contribution in [2.45, 2.75) is 45.1 Å². The minimum absolute atomic E-state index is 0.118. The Labute approximate surface area is 123 Å². The summed E-state index contributed by atoms with van der Waals surface area (Å²) in [7, 11) is 1.64. The van der Waals surface area contributed by atoms with Crippen LogP contribution in [0.1, 0.15) is 39.0 Å². The zero-order valence-corrected chi connectivity index (χ0v) is 13.2. The predicted molar refractivity (Wildman–Crippen MR) is 78.2 cm³/mol. The van der Waals surface area contributed by atoms with Crippen molar-refractivity contribution in [3.63, 3.8) is 0 Å². The van der Waals surface area contributed by atoms with E-state index in [0.29, 0.717) is 19.4 Å². The average Bonchev–Trinajstić information content (AvgIpc) is 2.42. The molecule has 0 rings (SSSR count). The largest absolute Gasteiger partial charge is 0.354 e. The summed E-state index contributed by atoms with van der Waals surface area (Å²) in [6, 6.07) is -0.455. The molecule has 110 valence electrons. The first-order valence-electron chi connectivity index (χ1n) is 6.61. The van der Waals surface area contributed by atoms with Gasteiger partial charge in [-0.15, -0.1) is 0 Å². The van der Waals surface area contributed by atoms with Gasteiger partial charge in [0, 0.05) is 20.0 Å². The number of nitrogens with zero attached hydrogens (tertiary/aromatic N) is 1. The molecule has 0 saturated carbocycles. The second kappa shape index (κ2) is 11.0. The number of hydrogen-bond donors (Lipinski definition) is 1. The molecule has 0 bridgehead atoms.